The maximum atomic E-state index is 14.8. The number of halogens is 5. The molecule has 3 aromatic rings. The second-order valence-corrected chi connectivity index (χ2v) is 8.59. The molecule has 0 N–H and O–H groups in total. The van der Waals surface area contributed by atoms with E-state index in [1.165, 1.54) is 17.3 Å². The van der Waals surface area contributed by atoms with Crippen LogP contribution in [0.2, 0.25) is 0 Å². The van der Waals surface area contributed by atoms with Crippen LogP contribution in [-0.4, -0.2) is 26.8 Å². The Kier molecular flexibility index (Phi) is 4.33. The van der Waals surface area contributed by atoms with Crippen molar-refractivity contribution in [2.45, 2.75) is 50.7 Å². The molecule has 0 unspecified atom stereocenters. The standard InChI is InChI=1S/C22H21F5N4/c1-12-18(23)13(9-15(19(12)24)22(25,26)27)20-14-11-28-17(10-16(14)30(2)29-20)31-8-4-3-5-21(31)6-7-21/h9-11H,3-8H2,1-2H3. The second-order valence-electron chi connectivity index (χ2n) is 8.59. The van der Waals surface area contributed by atoms with Crippen molar-refractivity contribution in [1.29, 1.82) is 0 Å². The zero-order valence-corrected chi connectivity index (χ0v) is 17.2. The maximum Gasteiger partial charge on any atom is 0.419 e. The van der Waals surface area contributed by atoms with Crippen LogP contribution in [0.5, 0.6) is 0 Å². The third-order valence-electron chi connectivity index (χ3n) is 6.65. The summed E-state index contributed by atoms with van der Waals surface area (Å²) in [5.74, 6) is -1.86. The number of aryl methyl sites for hydroxylation is 1. The highest BCUT2D eigenvalue weighted by Gasteiger charge is 2.49. The number of hydrogen-bond acceptors (Lipinski definition) is 3. The van der Waals surface area contributed by atoms with Crippen LogP contribution in [0, 0.1) is 18.6 Å². The molecule has 2 fully saturated rings. The van der Waals surface area contributed by atoms with Crippen molar-refractivity contribution in [2.75, 3.05) is 11.4 Å². The molecular formula is C22H21F5N4. The van der Waals surface area contributed by atoms with Gasteiger partial charge in [-0.2, -0.15) is 18.3 Å². The lowest BCUT2D eigenvalue weighted by atomic mass is 9.99. The molecule has 1 spiro atoms. The van der Waals surface area contributed by atoms with E-state index in [4.69, 9.17) is 0 Å². The fourth-order valence-electron chi connectivity index (χ4n) is 4.76. The van der Waals surface area contributed by atoms with E-state index in [9.17, 15) is 22.0 Å². The van der Waals surface area contributed by atoms with E-state index in [-0.39, 0.29) is 16.8 Å². The van der Waals surface area contributed by atoms with Crippen molar-refractivity contribution in [2.24, 2.45) is 7.05 Å². The number of nitrogens with zero attached hydrogens (tertiary/aromatic N) is 4. The van der Waals surface area contributed by atoms with E-state index in [0.717, 1.165) is 45.0 Å². The predicted octanol–water partition coefficient (Wildman–Crippen LogP) is 5.76. The van der Waals surface area contributed by atoms with E-state index >= 15 is 0 Å². The molecular weight excluding hydrogens is 415 g/mol. The Hall–Kier alpha value is -2.71. The van der Waals surface area contributed by atoms with Crippen LogP contribution >= 0.6 is 0 Å². The minimum absolute atomic E-state index is 0.0161. The maximum absolute atomic E-state index is 14.8. The number of hydrogen-bond donors (Lipinski definition) is 0. The highest BCUT2D eigenvalue weighted by Crippen LogP contribution is 2.50. The third kappa shape index (κ3) is 3.08. The van der Waals surface area contributed by atoms with Gasteiger partial charge in [-0.1, -0.05) is 0 Å². The van der Waals surface area contributed by atoms with Crippen molar-refractivity contribution in [3.63, 3.8) is 0 Å². The van der Waals surface area contributed by atoms with Crippen molar-refractivity contribution in [3.8, 4) is 11.3 Å². The summed E-state index contributed by atoms with van der Waals surface area (Å²) in [7, 11) is 1.65. The fourth-order valence-corrected chi connectivity index (χ4v) is 4.76. The van der Waals surface area contributed by atoms with E-state index < -0.39 is 28.9 Å². The van der Waals surface area contributed by atoms with E-state index in [1.807, 2.05) is 6.07 Å². The third-order valence-corrected chi connectivity index (χ3v) is 6.65. The number of fused-ring (bicyclic) bond motifs is 1. The molecule has 1 aliphatic heterocycles. The Morgan fingerprint density at radius 3 is 2.45 bits per heavy atom. The first kappa shape index (κ1) is 20.2. The normalized spacial score (nSPS) is 18.2. The van der Waals surface area contributed by atoms with Crippen LogP contribution in [0.1, 0.15) is 43.2 Å². The Morgan fingerprint density at radius 1 is 1.03 bits per heavy atom. The molecule has 0 atom stereocenters. The van der Waals surface area contributed by atoms with Crippen molar-refractivity contribution < 1.29 is 22.0 Å². The lowest BCUT2D eigenvalue weighted by molar-refractivity contribution is -0.140. The lowest BCUT2D eigenvalue weighted by Crippen LogP contribution is -2.42. The van der Waals surface area contributed by atoms with Gasteiger partial charge in [0.05, 0.1) is 11.1 Å². The monoisotopic (exact) mass is 436 g/mol. The predicted molar refractivity (Wildman–Crippen MR) is 107 cm³/mol. The SMILES string of the molecule is Cc1c(F)c(-c2nn(C)c3cc(N4CCCCC45CC5)ncc23)cc(C(F)(F)F)c1F. The Balaban J connectivity index is 1.65. The molecule has 1 saturated carbocycles. The van der Waals surface area contributed by atoms with Crippen molar-refractivity contribution in [3.05, 3.63) is 41.1 Å². The topological polar surface area (TPSA) is 34.0 Å². The largest absolute Gasteiger partial charge is 0.419 e. The molecule has 4 nitrogen and oxygen atoms in total. The van der Waals surface area contributed by atoms with Crippen LogP contribution in [0.15, 0.2) is 18.3 Å². The summed E-state index contributed by atoms with van der Waals surface area (Å²) in [5.41, 5.74) is -1.75. The summed E-state index contributed by atoms with van der Waals surface area (Å²) in [6, 6.07) is 2.35. The summed E-state index contributed by atoms with van der Waals surface area (Å²) in [6.07, 6.45) is 2.25. The number of rotatable bonds is 2. The minimum Gasteiger partial charge on any atom is -0.351 e. The molecule has 31 heavy (non-hydrogen) atoms. The van der Waals surface area contributed by atoms with Gasteiger partial charge >= 0.3 is 6.18 Å². The van der Waals surface area contributed by atoms with E-state index in [2.05, 4.69) is 15.0 Å². The molecule has 0 amide bonds. The minimum atomic E-state index is -4.94. The number of pyridine rings is 1. The summed E-state index contributed by atoms with van der Waals surface area (Å²) in [5, 5.41) is 4.70. The van der Waals surface area contributed by atoms with Crippen LogP contribution in [0.4, 0.5) is 27.8 Å². The average Bonchev–Trinajstić information content (AvgIpc) is 3.41. The first-order chi connectivity index (χ1) is 14.6. The number of benzene rings is 1. The summed E-state index contributed by atoms with van der Waals surface area (Å²) >= 11 is 0. The molecule has 1 aliphatic carbocycles. The van der Waals surface area contributed by atoms with Gasteiger partial charge in [-0.25, -0.2) is 13.8 Å². The molecule has 1 saturated heterocycles. The smallest absolute Gasteiger partial charge is 0.351 e. The second kappa shape index (κ2) is 6.64. The van der Waals surface area contributed by atoms with Gasteiger partial charge in [0.1, 0.15) is 23.1 Å². The zero-order chi connectivity index (χ0) is 22.1. The van der Waals surface area contributed by atoms with Crippen LogP contribution < -0.4 is 4.90 Å². The van der Waals surface area contributed by atoms with Gasteiger partial charge in [0.25, 0.3) is 0 Å². The molecule has 164 valence electrons. The van der Waals surface area contributed by atoms with Gasteiger partial charge in [-0.15, -0.1) is 0 Å². The van der Waals surface area contributed by atoms with Crippen LogP contribution in [0.3, 0.4) is 0 Å². The van der Waals surface area contributed by atoms with Crippen molar-refractivity contribution in [1.82, 2.24) is 14.8 Å². The average molecular weight is 436 g/mol. The van der Waals surface area contributed by atoms with Gasteiger partial charge < -0.3 is 4.90 Å². The van der Waals surface area contributed by atoms with Gasteiger partial charge in [0.2, 0.25) is 0 Å². The first-order valence-corrected chi connectivity index (χ1v) is 10.3. The summed E-state index contributed by atoms with van der Waals surface area (Å²) in [6.45, 7) is 1.90. The van der Waals surface area contributed by atoms with Crippen molar-refractivity contribution >= 4 is 16.7 Å². The zero-order valence-electron chi connectivity index (χ0n) is 17.2. The summed E-state index contributed by atoms with van der Waals surface area (Å²) in [4.78, 5) is 6.87. The van der Waals surface area contributed by atoms with Gasteiger partial charge in [-0.3, -0.25) is 4.68 Å². The molecule has 1 aromatic carbocycles. The molecule has 2 aliphatic rings. The number of aromatic nitrogens is 3. The Bertz CT molecular complexity index is 1190. The molecule has 9 heteroatoms. The molecule has 0 radical (unpaired) electrons. The number of alkyl halides is 3. The highest BCUT2D eigenvalue weighted by atomic mass is 19.4. The van der Waals surface area contributed by atoms with Gasteiger partial charge in [-0.05, 0) is 45.1 Å². The molecule has 5 rings (SSSR count). The van der Waals surface area contributed by atoms with Gasteiger partial charge in [0.15, 0.2) is 0 Å². The number of anilines is 1. The number of piperidine rings is 1. The molecule has 3 heterocycles. The highest BCUT2D eigenvalue weighted by molar-refractivity contribution is 5.94. The lowest BCUT2D eigenvalue weighted by Gasteiger charge is -2.37. The molecule has 2 aromatic heterocycles. The Morgan fingerprint density at radius 2 is 1.77 bits per heavy atom. The first-order valence-electron chi connectivity index (χ1n) is 10.3. The van der Waals surface area contributed by atoms with Gasteiger partial charge in [0, 0.05) is 47.9 Å². The Labute approximate surface area is 175 Å². The molecule has 0 bridgehead atoms. The van der Waals surface area contributed by atoms with Crippen LogP contribution in [0.25, 0.3) is 22.2 Å². The summed E-state index contributed by atoms with van der Waals surface area (Å²) < 4.78 is 70.4. The van der Waals surface area contributed by atoms with E-state index in [0.29, 0.717) is 17.0 Å². The van der Waals surface area contributed by atoms with Crippen LogP contribution in [-0.2, 0) is 13.2 Å². The van der Waals surface area contributed by atoms with E-state index in [1.54, 1.807) is 7.05 Å². The quantitative estimate of drug-likeness (QED) is 0.479. The fraction of sp³-hybridized carbons (Fsp3) is 0.455.